The highest BCUT2D eigenvalue weighted by Gasteiger charge is 2.26. The lowest BCUT2D eigenvalue weighted by molar-refractivity contribution is 0.0730. The normalized spacial score (nSPS) is 15.1. The maximum absolute atomic E-state index is 12.8. The van der Waals surface area contributed by atoms with E-state index in [2.05, 4.69) is 26.3 Å². The van der Waals surface area contributed by atoms with Gasteiger partial charge in [0.2, 0.25) is 10.0 Å². The number of halogens is 1. The average Bonchev–Trinajstić information content (AvgIpc) is 3.21. The molecule has 0 unspecified atom stereocenters. The molecule has 8 nitrogen and oxygen atoms in total. The van der Waals surface area contributed by atoms with Crippen molar-refractivity contribution in [2.45, 2.75) is 4.90 Å². The Labute approximate surface area is 182 Å². The van der Waals surface area contributed by atoms with Gasteiger partial charge in [-0.2, -0.15) is 9.40 Å². The van der Waals surface area contributed by atoms with Crippen LogP contribution in [-0.2, 0) is 14.8 Å². The number of anilines is 1. The molecule has 4 rings (SSSR count). The van der Waals surface area contributed by atoms with E-state index in [1.807, 2.05) is 6.20 Å². The third kappa shape index (κ3) is 4.46. The van der Waals surface area contributed by atoms with Crippen LogP contribution in [0.25, 0.3) is 5.69 Å². The van der Waals surface area contributed by atoms with Gasteiger partial charge in [0.1, 0.15) is 0 Å². The summed E-state index contributed by atoms with van der Waals surface area (Å²) in [7, 11) is -3.63. The number of rotatable bonds is 5. The lowest BCUT2D eigenvalue weighted by atomic mass is 10.2. The van der Waals surface area contributed by atoms with Crippen LogP contribution in [0.4, 0.5) is 5.69 Å². The maximum atomic E-state index is 12.8. The van der Waals surface area contributed by atoms with Gasteiger partial charge in [0, 0.05) is 30.5 Å². The summed E-state index contributed by atoms with van der Waals surface area (Å²) in [4.78, 5) is 12.8. The Morgan fingerprint density at radius 1 is 1.10 bits per heavy atom. The molecule has 1 N–H and O–H groups in total. The van der Waals surface area contributed by atoms with Crippen LogP contribution < -0.4 is 5.32 Å². The third-order valence-electron chi connectivity index (χ3n) is 4.64. The first kappa shape index (κ1) is 20.7. The number of carbonyl (C=O) groups excluding carboxylic acids is 1. The fourth-order valence-electron chi connectivity index (χ4n) is 3.08. The summed E-state index contributed by atoms with van der Waals surface area (Å²) in [5, 5.41) is 6.96. The van der Waals surface area contributed by atoms with Crippen LogP contribution in [0.1, 0.15) is 10.4 Å². The van der Waals surface area contributed by atoms with Gasteiger partial charge in [0.25, 0.3) is 5.91 Å². The van der Waals surface area contributed by atoms with Gasteiger partial charge in [0.15, 0.2) is 0 Å². The number of benzene rings is 2. The second-order valence-corrected chi connectivity index (χ2v) is 9.50. The fourth-order valence-corrected chi connectivity index (χ4v) is 4.82. The van der Waals surface area contributed by atoms with Crippen molar-refractivity contribution in [3.8, 4) is 5.69 Å². The molecule has 2 aromatic carbocycles. The van der Waals surface area contributed by atoms with Gasteiger partial charge >= 0.3 is 0 Å². The minimum Gasteiger partial charge on any atom is -0.379 e. The van der Waals surface area contributed by atoms with Crippen LogP contribution in [0.3, 0.4) is 0 Å². The SMILES string of the molecule is O=C(Nc1cccc(S(=O)(=O)N2CCOCC2)c1)c1ccc(-n2cc(Br)cn2)cc1. The lowest BCUT2D eigenvalue weighted by Crippen LogP contribution is -2.40. The number of aromatic nitrogens is 2. The fraction of sp³-hybridized carbons (Fsp3) is 0.200. The molecule has 1 amide bonds. The molecule has 0 bridgehead atoms. The van der Waals surface area contributed by atoms with Crippen molar-refractivity contribution in [1.29, 1.82) is 0 Å². The van der Waals surface area contributed by atoms with Crippen molar-refractivity contribution in [3.63, 3.8) is 0 Å². The second kappa shape index (κ2) is 8.68. The molecule has 156 valence electrons. The molecule has 10 heteroatoms. The van der Waals surface area contributed by atoms with Crippen molar-refractivity contribution < 1.29 is 17.9 Å². The van der Waals surface area contributed by atoms with Crippen LogP contribution >= 0.6 is 15.9 Å². The third-order valence-corrected chi connectivity index (χ3v) is 6.95. The molecule has 0 atom stereocenters. The Morgan fingerprint density at radius 2 is 1.83 bits per heavy atom. The molecule has 1 aromatic heterocycles. The standard InChI is InChI=1S/C20H19BrN4O4S/c21-16-13-22-25(14-16)18-6-4-15(5-7-18)20(26)23-17-2-1-3-19(12-17)30(27,28)24-8-10-29-11-9-24/h1-7,12-14H,8-11H2,(H,23,26). The predicted octanol–water partition coefficient (Wildman–Crippen LogP) is 2.91. The molecule has 2 heterocycles. The van der Waals surface area contributed by atoms with Crippen molar-refractivity contribution in [3.05, 3.63) is 71.0 Å². The maximum Gasteiger partial charge on any atom is 0.255 e. The molecule has 3 aromatic rings. The monoisotopic (exact) mass is 490 g/mol. The van der Waals surface area contributed by atoms with E-state index in [4.69, 9.17) is 4.74 Å². The molecule has 1 aliphatic heterocycles. The largest absolute Gasteiger partial charge is 0.379 e. The molecular weight excluding hydrogens is 472 g/mol. The summed E-state index contributed by atoms with van der Waals surface area (Å²) in [5.41, 5.74) is 1.68. The first-order valence-corrected chi connectivity index (χ1v) is 11.5. The summed E-state index contributed by atoms with van der Waals surface area (Å²) >= 11 is 3.35. The van der Waals surface area contributed by atoms with Gasteiger partial charge in [0.05, 0.1) is 34.5 Å². The number of nitrogens with one attached hydrogen (secondary N) is 1. The number of morpholine rings is 1. The van der Waals surface area contributed by atoms with E-state index in [-0.39, 0.29) is 10.8 Å². The Kier molecular flexibility index (Phi) is 6.00. The number of hydrogen-bond donors (Lipinski definition) is 1. The van der Waals surface area contributed by atoms with E-state index < -0.39 is 10.0 Å². The molecule has 1 aliphatic rings. The van der Waals surface area contributed by atoms with Crippen LogP contribution in [-0.4, -0.2) is 54.7 Å². The minimum atomic E-state index is -3.63. The first-order valence-electron chi connectivity index (χ1n) is 9.23. The van der Waals surface area contributed by atoms with Crippen LogP contribution in [0, 0.1) is 0 Å². The Hall–Kier alpha value is -2.53. The Bertz CT molecular complexity index is 1160. The van der Waals surface area contributed by atoms with E-state index in [1.165, 1.54) is 16.4 Å². The summed E-state index contributed by atoms with van der Waals surface area (Å²) in [6.07, 6.45) is 3.49. The number of carbonyl (C=O) groups is 1. The van der Waals surface area contributed by atoms with E-state index in [0.717, 1.165) is 10.2 Å². The summed E-state index contributed by atoms with van der Waals surface area (Å²) < 4.78 is 34.8. The molecule has 0 aliphatic carbocycles. The molecule has 1 fully saturated rings. The van der Waals surface area contributed by atoms with Gasteiger partial charge in [-0.15, -0.1) is 0 Å². The highest BCUT2D eigenvalue weighted by molar-refractivity contribution is 9.10. The smallest absolute Gasteiger partial charge is 0.255 e. The van der Waals surface area contributed by atoms with Crippen molar-refractivity contribution in [2.24, 2.45) is 0 Å². The average molecular weight is 491 g/mol. The van der Waals surface area contributed by atoms with Gasteiger partial charge in [-0.1, -0.05) is 6.07 Å². The molecular formula is C20H19BrN4O4S. The zero-order chi connectivity index (χ0) is 21.1. The van der Waals surface area contributed by atoms with E-state index in [9.17, 15) is 13.2 Å². The van der Waals surface area contributed by atoms with Crippen molar-refractivity contribution in [2.75, 3.05) is 31.6 Å². The van der Waals surface area contributed by atoms with Gasteiger partial charge < -0.3 is 10.1 Å². The minimum absolute atomic E-state index is 0.141. The van der Waals surface area contributed by atoms with Gasteiger partial charge in [-0.25, -0.2) is 13.1 Å². The Balaban J connectivity index is 1.49. The molecule has 0 spiro atoms. The van der Waals surface area contributed by atoms with Gasteiger partial charge in [-0.3, -0.25) is 4.79 Å². The number of nitrogens with zero attached hydrogens (tertiary/aromatic N) is 3. The predicted molar refractivity (Wildman–Crippen MR) is 115 cm³/mol. The zero-order valence-electron chi connectivity index (χ0n) is 15.9. The topological polar surface area (TPSA) is 93.5 Å². The molecule has 0 saturated carbocycles. The quantitative estimate of drug-likeness (QED) is 0.593. The summed E-state index contributed by atoms with van der Waals surface area (Å²) in [6, 6.07) is 13.2. The molecule has 0 radical (unpaired) electrons. The highest BCUT2D eigenvalue weighted by atomic mass is 79.9. The van der Waals surface area contributed by atoms with Crippen LogP contribution in [0.15, 0.2) is 70.3 Å². The molecule has 1 saturated heterocycles. The second-order valence-electron chi connectivity index (χ2n) is 6.65. The number of ether oxygens (including phenoxy) is 1. The van der Waals surface area contributed by atoms with E-state index in [0.29, 0.717) is 37.6 Å². The first-order chi connectivity index (χ1) is 14.4. The summed E-state index contributed by atoms with van der Waals surface area (Å²) in [5.74, 6) is -0.330. The van der Waals surface area contributed by atoms with E-state index in [1.54, 1.807) is 47.3 Å². The zero-order valence-corrected chi connectivity index (χ0v) is 18.3. The number of sulfonamides is 1. The van der Waals surface area contributed by atoms with Crippen LogP contribution in [0.2, 0.25) is 0 Å². The Morgan fingerprint density at radius 3 is 2.50 bits per heavy atom. The molecule has 30 heavy (non-hydrogen) atoms. The van der Waals surface area contributed by atoms with Crippen molar-refractivity contribution >= 4 is 37.5 Å². The highest BCUT2D eigenvalue weighted by Crippen LogP contribution is 2.21. The van der Waals surface area contributed by atoms with Crippen molar-refractivity contribution in [1.82, 2.24) is 14.1 Å². The van der Waals surface area contributed by atoms with Gasteiger partial charge in [-0.05, 0) is 58.4 Å². The van der Waals surface area contributed by atoms with Crippen LogP contribution in [0.5, 0.6) is 0 Å². The number of hydrogen-bond acceptors (Lipinski definition) is 5. The lowest BCUT2D eigenvalue weighted by Gasteiger charge is -2.26. The number of amides is 1. The van der Waals surface area contributed by atoms with E-state index >= 15 is 0 Å². The summed E-state index contributed by atoms with van der Waals surface area (Å²) in [6.45, 7) is 1.39.